The highest BCUT2D eigenvalue weighted by atomic mass is 16.6. The minimum atomic E-state index is -0.294. The van der Waals surface area contributed by atoms with Crippen molar-refractivity contribution in [1.29, 1.82) is 0 Å². The number of hydrogen-bond acceptors (Lipinski definition) is 6. The number of hydrogen-bond donors (Lipinski definition) is 2. The molecule has 154 valence electrons. The van der Waals surface area contributed by atoms with Crippen LogP contribution >= 0.6 is 0 Å². The van der Waals surface area contributed by atoms with Crippen molar-refractivity contribution in [2.75, 3.05) is 25.0 Å². The Morgan fingerprint density at radius 1 is 1.21 bits per heavy atom. The fraction of sp³-hybridized carbons (Fsp3) is 0.429. The van der Waals surface area contributed by atoms with Crippen LogP contribution in [0.1, 0.15) is 41.4 Å². The van der Waals surface area contributed by atoms with Gasteiger partial charge in [0.2, 0.25) is 5.95 Å². The number of benzene rings is 1. The van der Waals surface area contributed by atoms with Gasteiger partial charge in [-0.05, 0) is 43.9 Å². The Morgan fingerprint density at radius 3 is 2.69 bits per heavy atom. The second-order valence-electron chi connectivity index (χ2n) is 6.98. The molecule has 0 saturated carbocycles. The number of aromatic nitrogens is 2. The van der Waals surface area contributed by atoms with E-state index in [0.717, 1.165) is 5.56 Å². The fourth-order valence-corrected chi connectivity index (χ4v) is 3.23. The van der Waals surface area contributed by atoms with Crippen LogP contribution in [0.5, 0.6) is 0 Å². The van der Waals surface area contributed by atoms with Crippen LogP contribution < -0.4 is 10.6 Å². The number of ether oxygens (including phenoxy) is 1. The molecule has 0 bridgehead atoms. The van der Waals surface area contributed by atoms with Gasteiger partial charge in [-0.2, -0.15) is 0 Å². The number of anilines is 1. The van der Waals surface area contributed by atoms with Crippen molar-refractivity contribution in [1.82, 2.24) is 20.2 Å². The molecule has 1 saturated heterocycles. The molecule has 1 aliphatic heterocycles. The molecule has 0 atom stereocenters. The van der Waals surface area contributed by atoms with E-state index >= 15 is 0 Å². The highest BCUT2D eigenvalue weighted by Gasteiger charge is 2.25. The maximum Gasteiger partial charge on any atom is 0.409 e. The Bertz CT molecular complexity index is 850. The summed E-state index contributed by atoms with van der Waals surface area (Å²) in [6.45, 7) is 5.92. The van der Waals surface area contributed by atoms with Crippen molar-refractivity contribution in [2.24, 2.45) is 0 Å². The predicted molar refractivity (Wildman–Crippen MR) is 110 cm³/mol. The fourth-order valence-electron chi connectivity index (χ4n) is 3.23. The first-order valence-electron chi connectivity index (χ1n) is 9.90. The molecule has 1 aliphatic rings. The first-order chi connectivity index (χ1) is 14.1. The SMILES string of the molecule is CCOC(=O)N1CCC(NC(=O)c2ccnc(NCc3ccccc3C)n2)CC1. The van der Waals surface area contributed by atoms with E-state index < -0.39 is 0 Å². The van der Waals surface area contributed by atoms with Gasteiger partial charge in [-0.25, -0.2) is 14.8 Å². The molecule has 2 amide bonds. The van der Waals surface area contributed by atoms with E-state index in [9.17, 15) is 9.59 Å². The lowest BCUT2D eigenvalue weighted by atomic mass is 10.1. The smallest absolute Gasteiger partial charge is 0.409 e. The molecule has 8 nitrogen and oxygen atoms in total. The Balaban J connectivity index is 1.52. The second kappa shape index (κ2) is 9.86. The molecule has 1 aromatic heterocycles. The van der Waals surface area contributed by atoms with Gasteiger partial charge < -0.3 is 20.3 Å². The van der Waals surface area contributed by atoms with Gasteiger partial charge >= 0.3 is 6.09 Å². The maximum absolute atomic E-state index is 12.6. The van der Waals surface area contributed by atoms with Crippen LogP contribution in [-0.2, 0) is 11.3 Å². The molecule has 0 radical (unpaired) electrons. The number of nitrogens with one attached hydrogen (secondary N) is 2. The summed E-state index contributed by atoms with van der Waals surface area (Å²) in [7, 11) is 0. The second-order valence-corrected chi connectivity index (χ2v) is 6.98. The van der Waals surface area contributed by atoms with Crippen LogP contribution in [-0.4, -0.2) is 52.6 Å². The quantitative estimate of drug-likeness (QED) is 0.778. The molecule has 3 rings (SSSR count). The summed E-state index contributed by atoms with van der Waals surface area (Å²) in [5.74, 6) is 0.180. The number of aryl methyl sites for hydroxylation is 1. The van der Waals surface area contributed by atoms with E-state index in [1.54, 1.807) is 24.1 Å². The number of carbonyl (C=O) groups is 2. The first-order valence-corrected chi connectivity index (χ1v) is 9.90. The van der Waals surface area contributed by atoms with Crippen molar-refractivity contribution in [2.45, 2.75) is 39.3 Å². The van der Waals surface area contributed by atoms with Crippen LogP contribution in [0.15, 0.2) is 36.5 Å². The molecule has 8 heteroatoms. The molecule has 29 heavy (non-hydrogen) atoms. The van der Waals surface area contributed by atoms with Crippen LogP contribution in [0.2, 0.25) is 0 Å². The normalized spacial score (nSPS) is 14.3. The summed E-state index contributed by atoms with van der Waals surface area (Å²) in [6, 6.07) is 9.68. The monoisotopic (exact) mass is 397 g/mol. The third kappa shape index (κ3) is 5.66. The Kier molecular flexibility index (Phi) is 6.99. The standard InChI is InChI=1S/C21H27N5O3/c1-3-29-21(28)26-12-9-17(10-13-26)24-19(27)18-8-11-22-20(25-18)23-14-16-7-5-4-6-15(16)2/h4-8,11,17H,3,9-10,12-14H2,1-2H3,(H,24,27)(H,22,23,25). The molecule has 1 fully saturated rings. The zero-order valence-corrected chi connectivity index (χ0v) is 16.9. The zero-order valence-electron chi connectivity index (χ0n) is 16.9. The molecular weight excluding hydrogens is 370 g/mol. The lowest BCUT2D eigenvalue weighted by Crippen LogP contribution is -2.46. The lowest BCUT2D eigenvalue weighted by molar-refractivity contribution is 0.0856. The third-order valence-corrected chi connectivity index (χ3v) is 4.94. The summed E-state index contributed by atoms with van der Waals surface area (Å²) in [4.78, 5) is 34.5. The van der Waals surface area contributed by atoms with Crippen molar-refractivity contribution < 1.29 is 14.3 Å². The van der Waals surface area contributed by atoms with Crippen molar-refractivity contribution >= 4 is 17.9 Å². The van der Waals surface area contributed by atoms with E-state index in [-0.39, 0.29) is 18.0 Å². The molecule has 2 aromatic rings. The topological polar surface area (TPSA) is 96.5 Å². The minimum absolute atomic E-state index is 0.00604. The van der Waals surface area contributed by atoms with Gasteiger partial charge in [0.05, 0.1) is 6.61 Å². The average molecular weight is 397 g/mol. The van der Waals surface area contributed by atoms with Crippen LogP contribution in [0.3, 0.4) is 0 Å². The third-order valence-electron chi connectivity index (χ3n) is 4.94. The van der Waals surface area contributed by atoms with Gasteiger partial charge in [-0.3, -0.25) is 4.79 Å². The van der Waals surface area contributed by atoms with E-state index in [2.05, 4.69) is 33.6 Å². The number of piperidine rings is 1. The summed E-state index contributed by atoms with van der Waals surface area (Å²) >= 11 is 0. The number of nitrogens with zero attached hydrogens (tertiary/aromatic N) is 3. The van der Waals surface area contributed by atoms with Crippen LogP contribution in [0.25, 0.3) is 0 Å². The summed E-state index contributed by atoms with van der Waals surface area (Å²) in [5, 5.41) is 6.17. The van der Waals surface area contributed by atoms with Crippen molar-refractivity contribution in [3.8, 4) is 0 Å². The molecule has 2 N–H and O–H groups in total. The van der Waals surface area contributed by atoms with Crippen molar-refractivity contribution in [3.05, 3.63) is 53.3 Å². The largest absolute Gasteiger partial charge is 0.450 e. The average Bonchev–Trinajstić information content (AvgIpc) is 2.74. The van der Waals surface area contributed by atoms with Crippen LogP contribution in [0.4, 0.5) is 10.7 Å². The van der Waals surface area contributed by atoms with Crippen molar-refractivity contribution in [3.63, 3.8) is 0 Å². The molecule has 0 aliphatic carbocycles. The number of carbonyl (C=O) groups excluding carboxylic acids is 2. The predicted octanol–water partition coefficient (Wildman–Crippen LogP) is 2.75. The van der Waals surface area contributed by atoms with E-state index in [1.165, 1.54) is 5.56 Å². The molecule has 0 spiro atoms. The Labute approximate surface area is 170 Å². The Hall–Kier alpha value is -3.16. The van der Waals surface area contributed by atoms with Gasteiger partial charge in [0.1, 0.15) is 5.69 Å². The first kappa shape index (κ1) is 20.6. The van der Waals surface area contributed by atoms with Gasteiger partial charge in [0, 0.05) is 31.9 Å². The number of rotatable bonds is 6. The molecular formula is C21H27N5O3. The summed E-state index contributed by atoms with van der Waals surface area (Å²) in [5.41, 5.74) is 2.66. The van der Waals surface area contributed by atoms with E-state index in [1.807, 2.05) is 18.2 Å². The zero-order chi connectivity index (χ0) is 20.6. The Morgan fingerprint density at radius 2 is 1.97 bits per heavy atom. The van der Waals surface area contributed by atoms with Gasteiger partial charge in [0.15, 0.2) is 0 Å². The number of likely N-dealkylation sites (tertiary alicyclic amines) is 1. The number of amides is 2. The molecule has 0 unspecified atom stereocenters. The highest BCUT2D eigenvalue weighted by molar-refractivity contribution is 5.92. The van der Waals surface area contributed by atoms with Gasteiger partial charge in [0.25, 0.3) is 5.91 Å². The summed E-state index contributed by atoms with van der Waals surface area (Å²) in [6.07, 6.45) is 2.66. The van der Waals surface area contributed by atoms with E-state index in [0.29, 0.717) is 50.7 Å². The minimum Gasteiger partial charge on any atom is -0.450 e. The van der Waals surface area contributed by atoms with Crippen LogP contribution in [0, 0.1) is 6.92 Å². The highest BCUT2D eigenvalue weighted by Crippen LogP contribution is 2.13. The lowest BCUT2D eigenvalue weighted by Gasteiger charge is -2.31. The summed E-state index contributed by atoms with van der Waals surface area (Å²) < 4.78 is 5.02. The molecule has 2 heterocycles. The van der Waals surface area contributed by atoms with E-state index in [4.69, 9.17) is 4.74 Å². The van der Waals surface area contributed by atoms with Gasteiger partial charge in [-0.15, -0.1) is 0 Å². The molecule has 1 aromatic carbocycles. The van der Waals surface area contributed by atoms with Gasteiger partial charge in [-0.1, -0.05) is 24.3 Å². The maximum atomic E-state index is 12.6.